The van der Waals surface area contributed by atoms with Crippen LogP contribution in [0.3, 0.4) is 0 Å². The molecule has 0 rings (SSSR count). The third kappa shape index (κ3) is 33.9. The van der Waals surface area contributed by atoms with Gasteiger partial charge in [0.05, 0.1) is 0 Å². The molecule has 0 N–H and O–H groups in total. The van der Waals surface area contributed by atoms with Gasteiger partial charge in [-0.1, -0.05) is 168 Å². The van der Waals surface area contributed by atoms with E-state index in [0.717, 1.165) is 25.7 Å². The molecule has 0 aliphatic carbocycles. The van der Waals surface area contributed by atoms with Gasteiger partial charge in [0, 0.05) is 42.1 Å². The van der Waals surface area contributed by atoms with Crippen LogP contribution in [0.25, 0.3) is 0 Å². The fourth-order valence-corrected chi connectivity index (χ4v) is 5.64. The van der Waals surface area contributed by atoms with Crippen molar-refractivity contribution < 1.29 is 19.1 Å². The first-order valence-electron chi connectivity index (χ1n) is 18.3. The second-order valence-electron chi connectivity index (χ2n) is 12.3. The van der Waals surface area contributed by atoms with Crippen molar-refractivity contribution in [2.75, 3.05) is 26.3 Å². The van der Waals surface area contributed by atoms with Gasteiger partial charge in [-0.05, 0) is 12.8 Å². The molecule has 0 aromatic carbocycles. The van der Waals surface area contributed by atoms with Crippen LogP contribution in [0, 0.1) is 0 Å². The van der Waals surface area contributed by atoms with E-state index in [1.165, 1.54) is 141 Å². The lowest BCUT2D eigenvalue weighted by molar-refractivity contribution is -0.143. The molecule has 6 heteroatoms. The first kappa shape index (κ1) is 41.4. The highest BCUT2D eigenvalue weighted by Gasteiger charge is 2.08. The van der Waals surface area contributed by atoms with Gasteiger partial charge in [-0.15, -0.1) is 0 Å². The maximum Gasteiger partial charge on any atom is 0.305 e. The van der Waals surface area contributed by atoms with Crippen molar-refractivity contribution in [3.63, 3.8) is 0 Å². The standard InChI is InChI=1S/C36H70BrNO4/c1-3-5-7-9-11-13-15-17-19-21-23-25-27-29-35(39)41-33-31-38(37)32-34-42-36(40)30-28-26-24-22-20-18-16-14-12-10-8-6-4-2/h3-34H2,1-2H3. The molecule has 0 aliphatic rings. The van der Waals surface area contributed by atoms with E-state index in [1.54, 1.807) is 0 Å². The number of hydrogen-bond acceptors (Lipinski definition) is 5. The molecular weight excluding hydrogens is 590 g/mol. The van der Waals surface area contributed by atoms with Crippen molar-refractivity contribution in [1.29, 1.82) is 0 Å². The smallest absolute Gasteiger partial charge is 0.305 e. The fraction of sp³-hybridized carbons (Fsp3) is 0.944. The average molecular weight is 661 g/mol. The molecule has 0 aliphatic heterocycles. The molecule has 0 fully saturated rings. The second-order valence-corrected chi connectivity index (χ2v) is 13.3. The number of halogens is 1. The molecule has 0 bridgehead atoms. The zero-order chi connectivity index (χ0) is 30.8. The minimum atomic E-state index is -0.108. The Bertz CT molecular complexity index is 527. The number of carbonyl (C=O) groups excluding carboxylic acids is 2. The Labute approximate surface area is 270 Å². The summed E-state index contributed by atoms with van der Waals surface area (Å²) >= 11 is 3.46. The van der Waals surface area contributed by atoms with Crippen molar-refractivity contribution in [1.82, 2.24) is 3.93 Å². The summed E-state index contributed by atoms with van der Waals surface area (Å²) in [6.45, 7) is 6.42. The quantitative estimate of drug-likeness (QED) is 0.0391. The lowest BCUT2D eigenvalue weighted by atomic mass is 10.0. The van der Waals surface area contributed by atoms with E-state index in [0.29, 0.717) is 39.1 Å². The van der Waals surface area contributed by atoms with Crippen LogP contribution < -0.4 is 0 Å². The third-order valence-corrected chi connectivity index (χ3v) is 8.87. The molecule has 0 unspecified atom stereocenters. The normalized spacial score (nSPS) is 11.3. The lowest BCUT2D eigenvalue weighted by Crippen LogP contribution is -2.24. The van der Waals surface area contributed by atoms with Gasteiger partial charge in [0.1, 0.15) is 13.2 Å². The van der Waals surface area contributed by atoms with Crippen LogP contribution in [-0.4, -0.2) is 42.2 Å². The summed E-state index contributed by atoms with van der Waals surface area (Å²) in [6, 6.07) is 0. The van der Waals surface area contributed by atoms with E-state index in [2.05, 4.69) is 30.0 Å². The summed E-state index contributed by atoms with van der Waals surface area (Å²) in [6.07, 6.45) is 34.9. The Hall–Kier alpha value is -0.620. The van der Waals surface area contributed by atoms with Crippen LogP contribution in [0.1, 0.15) is 194 Å². The Kier molecular flexibility index (Phi) is 34.4. The maximum absolute atomic E-state index is 12.0. The molecule has 5 nitrogen and oxygen atoms in total. The van der Waals surface area contributed by atoms with Gasteiger partial charge in [0.15, 0.2) is 0 Å². The van der Waals surface area contributed by atoms with E-state index < -0.39 is 0 Å². The number of rotatable bonds is 34. The molecule has 0 heterocycles. The summed E-state index contributed by atoms with van der Waals surface area (Å²) in [7, 11) is 0. The number of nitrogens with zero attached hydrogens (tertiary/aromatic N) is 1. The van der Waals surface area contributed by atoms with Gasteiger partial charge < -0.3 is 9.47 Å². The Morgan fingerprint density at radius 3 is 0.929 bits per heavy atom. The molecule has 0 aromatic rings. The molecule has 0 radical (unpaired) electrons. The second kappa shape index (κ2) is 34.9. The molecule has 0 saturated carbocycles. The summed E-state index contributed by atoms with van der Waals surface area (Å²) in [4.78, 5) is 23.9. The minimum absolute atomic E-state index is 0.108. The van der Waals surface area contributed by atoms with Crippen LogP contribution in [0.2, 0.25) is 0 Å². The van der Waals surface area contributed by atoms with Crippen molar-refractivity contribution in [3.05, 3.63) is 0 Å². The molecular formula is C36H70BrNO4. The van der Waals surface area contributed by atoms with E-state index >= 15 is 0 Å². The fourth-order valence-electron chi connectivity index (χ4n) is 5.35. The first-order chi connectivity index (χ1) is 20.6. The Balaban J connectivity index is 3.37. The summed E-state index contributed by atoms with van der Waals surface area (Å²) in [5.74, 6) is -0.216. The zero-order valence-electron chi connectivity index (χ0n) is 28.1. The topological polar surface area (TPSA) is 55.8 Å². The van der Waals surface area contributed by atoms with Gasteiger partial charge in [-0.3, -0.25) is 9.59 Å². The Morgan fingerprint density at radius 2 is 0.667 bits per heavy atom. The van der Waals surface area contributed by atoms with Crippen LogP contribution >= 0.6 is 16.1 Å². The zero-order valence-corrected chi connectivity index (χ0v) is 29.7. The summed E-state index contributed by atoms with van der Waals surface area (Å²) < 4.78 is 12.6. The van der Waals surface area contributed by atoms with E-state index in [4.69, 9.17) is 9.47 Å². The number of carbonyl (C=O) groups is 2. The summed E-state index contributed by atoms with van der Waals surface area (Å²) in [5.41, 5.74) is 0. The molecule has 0 amide bonds. The molecule has 250 valence electrons. The van der Waals surface area contributed by atoms with E-state index in [1.807, 2.05) is 3.93 Å². The number of ether oxygens (including phenoxy) is 2. The van der Waals surface area contributed by atoms with Gasteiger partial charge in [-0.2, -0.15) is 0 Å². The van der Waals surface area contributed by atoms with Crippen molar-refractivity contribution in [3.8, 4) is 0 Å². The van der Waals surface area contributed by atoms with Gasteiger partial charge in [0.25, 0.3) is 0 Å². The van der Waals surface area contributed by atoms with Gasteiger partial charge in [0.2, 0.25) is 0 Å². The van der Waals surface area contributed by atoms with Crippen LogP contribution in [0.5, 0.6) is 0 Å². The van der Waals surface area contributed by atoms with Crippen molar-refractivity contribution in [2.45, 2.75) is 194 Å². The average Bonchev–Trinajstić information content (AvgIpc) is 2.98. The van der Waals surface area contributed by atoms with E-state index in [-0.39, 0.29) is 11.9 Å². The predicted molar refractivity (Wildman–Crippen MR) is 183 cm³/mol. The summed E-state index contributed by atoms with van der Waals surface area (Å²) in [5, 5.41) is 0. The van der Waals surface area contributed by atoms with Crippen molar-refractivity contribution >= 4 is 28.1 Å². The van der Waals surface area contributed by atoms with Crippen LogP contribution in [0.4, 0.5) is 0 Å². The highest BCUT2D eigenvalue weighted by Crippen LogP contribution is 2.14. The SMILES string of the molecule is CCCCCCCCCCCCCCCC(=O)OCCN(Br)CCOC(=O)CCCCCCCCCCCCCCC. The number of hydrogen-bond donors (Lipinski definition) is 0. The monoisotopic (exact) mass is 659 g/mol. The number of esters is 2. The third-order valence-electron chi connectivity index (χ3n) is 8.16. The maximum atomic E-state index is 12.0. The minimum Gasteiger partial charge on any atom is -0.464 e. The van der Waals surface area contributed by atoms with Crippen molar-refractivity contribution in [2.24, 2.45) is 0 Å². The Morgan fingerprint density at radius 1 is 0.429 bits per heavy atom. The van der Waals surface area contributed by atoms with Gasteiger partial charge in [-0.25, -0.2) is 3.93 Å². The van der Waals surface area contributed by atoms with Crippen LogP contribution in [-0.2, 0) is 19.1 Å². The lowest BCUT2D eigenvalue weighted by Gasteiger charge is -2.14. The highest BCUT2D eigenvalue weighted by molar-refractivity contribution is 9.07. The molecule has 0 aromatic heterocycles. The predicted octanol–water partition coefficient (Wildman–Crippen LogP) is 11.6. The molecule has 42 heavy (non-hydrogen) atoms. The van der Waals surface area contributed by atoms with Crippen LogP contribution in [0.15, 0.2) is 0 Å². The molecule has 0 spiro atoms. The molecule has 0 saturated heterocycles. The van der Waals surface area contributed by atoms with E-state index in [9.17, 15) is 9.59 Å². The highest BCUT2D eigenvalue weighted by atomic mass is 79.9. The first-order valence-corrected chi connectivity index (χ1v) is 19.0. The largest absolute Gasteiger partial charge is 0.464 e. The number of unbranched alkanes of at least 4 members (excludes halogenated alkanes) is 24. The molecule has 0 atom stereocenters. The van der Waals surface area contributed by atoms with Gasteiger partial charge >= 0.3 is 11.9 Å².